The summed E-state index contributed by atoms with van der Waals surface area (Å²) in [4.78, 5) is 0. The van der Waals surface area contributed by atoms with Crippen molar-refractivity contribution in [2.24, 2.45) is 35.5 Å². The summed E-state index contributed by atoms with van der Waals surface area (Å²) in [7, 11) is 0. The highest BCUT2D eigenvalue weighted by atomic mass is 14.5. The van der Waals surface area contributed by atoms with Gasteiger partial charge in [0.1, 0.15) is 0 Å². The first-order valence-corrected chi connectivity index (χ1v) is 7.61. The minimum absolute atomic E-state index is 0.912. The van der Waals surface area contributed by atoms with E-state index in [0.717, 1.165) is 35.5 Å². The summed E-state index contributed by atoms with van der Waals surface area (Å²) in [6.45, 7) is 13.8. The third-order valence-electron chi connectivity index (χ3n) is 4.89. The van der Waals surface area contributed by atoms with Crippen LogP contribution in [0.25, 0.3) is 0 Å². The molecule has 0 spiro atoms. The fourth-order valence-electron chi connectivity index (χ4n) is 4.52. The Balaban J connectivity index is 0.000000606. The van der Waals surface area contributed by atoms with E-state index in [4.69, 9.17) is 0 Å². The first-order valence-electron chi connectivity index (χ1n) is 7.61. The lowest BCUT2D eigenvalue weighted by Crippen LogP contribution is -2.44. The molecule has 3 saturated carbocycles. The Morgan fingerprint density at radius 3 is 1.06 bits per heavy atom. The summed E-state index contributed by atoms with van der Waals surface area (Å²) >= 11 is 0. The molecule has 0 aromatic heterocycles. The summed E-state index contributed by atoms with van der Waals surface area (Å²) in [5.74, 6) is 6.07. The predicted molar refractivity (Wildman–Crippen MR) is 73.5 cm³/mol. The molecular formula is C16H32. The SMILES string of the molecule is CC.CC(C)C1C2CCC(CC2)C1C(C)C. The second-order valence-electron chi connectivity index (χ2n) is 6.32. The molecule has 2 bridgehead atoms. The monoisotopic (exact) mass is 224 g/mol. The lowest BCUT2D eigenvalue weighted by Gasteiger charge is -2.52. The van der Waals surface area contributed by atoms with Gasteiger partial charge in [0.15, 0.2) is 0 Å². The molecule has 0 radical (unpaired) electrons. The van der Waals surface area contributed by atoms with Crippen molar-refractivity contribution < 1.29 is 0 Å². The van der Waals surface area contributed by atoms with Gasteiger partial charge < -0.3 is 0 Å². The third-order valence-corrected chi connectivity index (χ3v) is 4.89. The van der Waals surface area contributed by atoms with Crippen LogP contribution in [-0.2, 0) is 0 Å². The maximum Gasteiger partial charge on any atom is -0.0329 e. The standard InChI is InChI=1S/C14H26.C2H6/c1-9(2)13-11-5-7-12(8-6-11)14(13)10(3)4;1-2/h9-14H,5-8H2,1-4H3;1-2H3. The summed E-state index contributed by atoms with van der Waals surface area (Å²) in [6, 6.07) is 0. The van der Waals surface area contributed by atoms with Crippen molar-refractivity contribution in [3.63, 3.8) is 0 Å². The van der Waals surface area contributed by atoms with Crippen LogP contribution in [0.1, 0.15) is 67.2 Å². The van der Waals surface area contributed by atoms with E-state index in [0.29, 0.717) is 0 Å². The summed E-state index contributed by atoms with van der Waals surface area (Å²) < 4.78 is 0. The maximum absolute atomic E-state index is 2.45. The van der Waals surface area contributed by atoms with Crippen LogP contribution in [0, 0.1) is 35.5 Å². The van der Waals surface area contributed by atoms with Gasteiger partial charge in [-0.3, -0.25) is 0 Å². The zero-order valence-electron chi connectivity index (χ0n) is 12.3. The Morgan fingerprint density at radius 1 is 0.625 bits per heavy atom. The van der Waals surface area contributed by atoms with Crippen molar-refractivity contribution in [1.82, 2.24) is 0 Å². The van der Waals surface area contributed by atoms with E-state index in [1.54, 1.807) is 0 Å². The fourth-order valence-corrected chi connectivity index (χ4v) is 4.52. The second kappa shape index (κ2) is 6.07. The third kappa shape index (κ3) is 2.63. The summed E-state index contributed by atoms with van der Waals surface area (Å²) in [5.41, 5.74) is 0. The molecule has 0 heteroatoms. The Hall–Kier alpha value is 0. The normalized spacial score (nSPS) is 37.5. The molecule has 2 atom stereocenters. The summed E-state index contributed by atoms with van der Waals surface area (Å²) in [6.07, 6.45) is 6.15. The first-order chi connectivity index (χ1) is 7.61. The lowest BCUT2D eigenvalue weighted by molar-refractivity contribution is -0.0278. The molecular weight excluding hydrogens is 192 g/mol. The van der Waals surface area contributed by atoms with E-state index in [1.807, 2.05) is 13.8 Å². The molecule has 0 heterocycles. The number of rotatable bonds is 2. The van der Waals surface area contributed by atoms with E-state index in [-0.39, 0.29) is 0 Å². The molecule has 0 N–H and O–H groups in total. The molecule has 0 aromatic rings. The minimum atomic E-state index is 0.912. The molecule has 3 aliphatic rings. The van der Waals surface area contributed by atoms with Gasteiger partial charge in [-0.1, -0.05) is 41.5 Å². The lowest BCUT2D eigenvalue weighted by atomic mass is 9.53. The van der Waals surface area contributed by atoms with E-state index in [1.165, 1.54) is 25.7 Å². The molecule has 0 aromatic carbocycles. The van der Waals surface area contributed by atoms with Crippen LogP contribution in [0.5, 0.6) is 0 Å². The first kappa shape index (κ1) is 14.1. The molecule has 0 aliphatic heterocycles. The zero-order chi connectivity index (χ0) is 12.3. The van der Waals surface area contributed by atoms with Gasteiger partial charge >= 0.3 is 0 Å². The number of hydrogen-bond acceptors (Lipinski definition) is 0. The molecule has 16 heavy (non-hydrogen) atoms. The Morgan fingerprint density at radius 2 is 0.875 bits per heavy atom. The van der Waals surface area contributed by atoms with Crippen molar-refractivity contribution in [2.45, 2.75) is 67.2 Å². The average Bonchev–Trinajstić information content (AvgIpc) is 2.31. The largest absolute Gasteiger partial charge is 0.0683 e. The van der Waals surface area contributed by atoms with Crippen LogP contribution in [-0.4, -0.2) is 0 Å². The molecule has 3 fully saturated rings. The molecule has 3 aliphatic carbocycles. The van der Waals surface area contributed by atoms with E-state index < -0.39 is 0 Å². The highest BCUT2D eigenvalue weighted by Crippen LogP contribution is 2.53. The Labute approximate surface area is 103 Å². The molecule has 0 amide bonds. The number of fused-ring (bicyclic) bond motifs is 3. The molecule has 2 unspecified atom stereocenters. The van der Waals surface area contributed by atoms with Crippen LogP contribution in [0.15, 0.2) is 0 Å². The fraction of sp³-hybridized carbons (Fsp3) is 1.00. The van der Waals surface area contributed by atoms with Crippen LogP contribution in [0.2, 0.25) is 0 Å². The van der Waals surface area contributed by atoms with Crippen LogP contribution < -0.4 is 0 Å². The molecule has 96 valence electrons. The minimum Gasteiger partial charge on any atom is -0.0683 e. The highest BCUT2D eigenvalue weighted by Gasteiger charge is 2.45. The summed E-state index contributed by atoms with van der Waals surface area (Å²) in [5, 5.41) is 0. The van der Waals surface area contributed by atoms with E-state index in [9.17, 15) is 0 Å². The van der Waals surface area contributed by atoms with Gasteiger partial charge in [0.05, 0.1) is 0 Å². The van der Waals surface area contributed by atoms with Gasteiger partial charge in [-0.05, 0) is 61.2 Å². The molecule has 3 rings (SSSR count). The zero-order valence-corrected chi connectivity index (χ0v) is 12.3. The van der Waals surface area contributed by atoms with Crippen LogP contribution >= 0.6 is 0 Å². The number of hydrogen-bond donors (Lipinski definition) is 0. The van der Waals surface area contributed by atoms with Crippen molar-refractivity contribution >= 4 is 0 Å². The van der Waals surface area contributed by atoms with Gasteiger partial charge in [0.2, 0.25) is 0 Å². The second-order valence-corrected chi connectivity index (χ2v) is 6.32. The predicted octanol–water partition coefficient (Wildman–Crippen LogP) is 5.38. The molecule has 0 nitrogen and oxygen atoms in total. The van der Waals surface area contributed by atoms with Gasteiger partial charge in [0.25, 0.3) is 0 Å². The van der Waals surface area contributed by atoms with Crippen molar-refractivity contribution in [1.29, 1.82) is 0 Å². The van der Waals surface area contributed by atoms with Gasteiger partial charge in [-0.2, -0.15) is 0 Å². The van der Waals surface area contributed by atoms with Crippen LogP contribution in [0.4, 0.5) is 0 Å². The quantitative estimate of drug-likeness (QED) is 0.591. The van der Waals surface area contributed by atoms with Gasteiger partial charge in [-0.15, -0.1) is 0 Å². The highest BCUT2D eigenvalue weighted by molar-refractivity contribution is 4.94. The maximum atomic E-state index is 2.45. The van der Waals surface area contributed by atoms with Crippen molar-refractivity contribution in [2.75, 3.05) is 0 Å². The van der Waals surface area contributed by atoms with Gasteiger partial charge in [0, 0.05) is 0 Å². The van der Waals surface area contributed by atoms with Gasteiger partial charge in [-0.25, -0.2) is 0 Å². The Bertz CT molecular complexity index is 162. The molecule has 0 saturated heterocycles. The smallest absolute Gasteiger partial charge is 0.0329 e. The average molecular weight is 224 g/mol. The van der Waals surface area contributed by atoms with E-state index >= 15 is 0 Å². The topological polar surface area (TPSA) is 0 Å². The van der Waals surface area contributed by atoms with E-state index in [2.05, 4.69) is 27.7 Å². The van der Waals surface area contributed by atoms with Crippen molar-refractivity contribution in [3.05, 3.63) is 0 Å². The van der Waals surface area contributed by atoms with Crippen LogP contribution in [0.3, 0.4) is 0 Å². The Kier molecular flexibility index (Phi) is 5.34. The van der Waals surface area contributed by atoms with Crippen molar-refractivity contribution in [3.8, 4) is 0 Å².